The van der Waals surface area contributed by atoms with Crippen molar-refractivity contribution in [3.63, 3.8) is 0 Å². The van der Waals surface area contributed by atoms with Gasteiger partial charge in [-0.3, -0.25) is 19.4 Å². The lowest BCUT2D eigenvalue weighted by atomic mass is 10.1. The Morgan fingerprint density at radius 1 is 1.06 bits per heavy atom. The first-order valence-corrected chi connectivity index (χ1v) is 9.74. The van der Waals surface area contributed by atoms with Crippen LogP contribution in [0.5, 0.6) is 0 Å². The lowest BCUT2D eigenvalue weighted by molar-refractivity contribution is -0.156. The normalized spacial score (nSPS) is 12.7. The molecule has 2 rings (SSSR count). The second kappa shape index (κ2) is 9.76. The van der Waals surface area contributed by atoms with Crippen molar-refractivity contribution in [3.05, 3.63) is 63.8 Å². The molecular weight excluding hydrogens is 413 g/mol. The van der Waals surface area contributed by atoms with Crippen LogP contribution in [0.1, 0.15) is 66.2 Å². The van der Waals surface area contributed by atoms with Crippen molar-refractivity contribution < 1.29 is 22.8 Å². The number of pyridine rings is 2. The van der Waals surface area contributed by atoms with Crippen LogP contribution in [0, 0.1) is 5.92 Å². The summed E-state index contributed by atoms with van der Waals surface area (Å²) in [5.74, 6) is -1.82. The van der Waals surface area contributed by atoms with Crippen molar-refractivity contribution in [3.8, 4) is 0 Å². The molecule has 0 aliphatic carbocycles. The van der Waals surface area contributed by atoms with E-state index < -0.39 is 40.7 Å². The monoisotopic (exact) mass is 438 g/mol. The van der Waals surface area contributed by atoms with Crippen LogP contribution >= 0.6 is 0 Å². The molecule has 2 amide bonds. The van der Waals surface area contributed by atoms with E-state index in [1.54, 1.807) is 13.8 Å². The molecule has 31 heavy (non-hydrogen) atoms. The van der Waals surface area contributed by atoms with Crippen LogP contribution in [0.4, 0.5) is 13.2 Å². The summed E-state index contributed by atoms with van der Waals surface area (Å²) >= 11 is 0. The molecule has 2 heterocycles. The Hall–Kier alpha value is -3.17. The van der Waals surface area contributed by atoms with Gasteiger partial charge >= 0.3 is 6.18 Å². The highest BCUT2D eigenvalue weighted by Gasteiger charge is 2.43. The molecule has 7 nitrogen and oxygen atoms in total. The number of carbonyl (C=O) groups is 2. The fraction of sp³-hybridized carbons (Fsp3) is 0.429. The number of hydrogen-bond acceptors (Lipinski definition) is 4. The standard InChI is InChI=1S/C21H25F3N4O3/c1-12(2)9-26-19(30)14-10-28(13(3)4)11-15(17(14)29)20(31)27-18(21(22,23)24)16-7-5-6-8-25-16/h5-8,10-13,18H,9H2,1-4H3,(H,26,30)(H,27,31). The minimum atomic E-state index is -4.84. The average molecular weight is 438 g/mol. The summed E-state index contributed by atoms with van der Waals surface area (Å²) in [5.41, 5.74) is -2.24. The maximum atomic E-state index is 13.6. The van der Waals surface area contributed by atoms with Gasteiger partial charge in [0.05, 0.1) is 5.69 Å². The molecule has 0 fully saturated rings. The van der Waals surface area contributed by atoms with E-state index in [0.717, 1.165) is 12.3 Å². The summed E-state index contributed by atoms with van der Waals surface area (Å²) in [6, 6.07) is 1.27. The Kier molecular flexibility index (Phi) is 7.59. The zero-order chi connectivity index (χ0) is 23.3. The summed E-state index contributed by atoms with van der Waals surface area (Å²) in [4.78, 5) is 41.7. The third kappa shape index (κ3) is 6.16. The predicted octanol–water partition coefficient (Wildman–Crippen LogP) is 3.24. The minimum absolute atomic E-state index is 0.119. The van der Waals surface area contributed by atoms with Gasteiger partial charge in [-0.2, -0.15) is 13.2 Å². The molecule has 0 radical (unpaired) electrons. The zero-order valence-corrected chi connectivity index (χ0v) is 17.7. The van der Waals surface area contributed by atoms with Crippen molar-refractivity contribution in [2.45, 2.75) is 46.0 Å². The Morgan fingerprint density at radius 2 is 1.68 bits per heavy atom. The predicted molar refractivity (Wildman–Crippen MR) is 109 cm³/mol. The van der Waals surface area contributed by atoms with Gasteiger partial charge in [-0.05, 0) is 31.9 Å². The number of carbonyl (C=O) groups excluding carboxylic acids is 2. The molecule has 0 spiro atoms. The maximum Gasteiger partial charge on any atom is 0.414 e. The van der Waals surface area contributed by atoms with E-state index in [9.17, 15) is 27.6 Å². The Morgan fingerprint density at radius 3 is 2.16 bits per heavy atom. The molecule has 2 N–H and O–H groups in total. The highest BCUT2D eigenvalue weighted by Crippen LogP contribution is 2.31. The molecule has 0 aliphatic rings. The van der Waals surface area contributed by atoms with Gasteiger partial charge in [0.15, 0.2) is 6.04 Å². The van der Waals surface area contributed by atoms with Crippen molar-refractivity contribution in [1.29, 1.82) is 0 Å². The largest absolute Gasteiger partial charge is 0.414 e. The van der Waals surface area contributed by atoms with Gasteiger partial charge in [-0.1, -0.05) is 19.9 Å². The van der Waals surface area contributed by atoms with Gasteiger partial charge in [0.1, 0.15) is 11.1 Å². The highest BCUT2D eigenvalue weighted by molar-refractivity contribution is 5.99. The van der Waals surface area contributed by atoms with Crippen LogP contribution in [-0.2, 0) is 0 Å². The minimum Gasteiger partial charge on any atom is -0.352 e. The Labute approximate surface area is 177 Å². The van der Waals surface area contributed by atoms with Crippen LogP contribution in [0.25, 0.3) is 0 Å². The van der Waals surface area contributed by atoms with Gasteiger partial charge in [-0.15, -0.1) is 0 Å². The third-order valence-electron chi connectivity index (χ3n) is 4.39. The summed E-state index contributed by atoms with van der Waals surface area (Å²) in [6.45, 7) is 7.52. The third-order valence-corrected chi connectivity index (χ3v) is 4.39. The van der Waals surface area contributed by atoms with Crippen molar-refractivity contribution in [2.75, 3.05) is 6.54 Å². The number of hydrogen-bond donors (Lipinski definition) is 2. The van der Waals surface area contributed by atoms with E-state index in [4.69, 9.17) is 0 Å². The van der Waals surface area contributed by atoms with Gasteiger partial charge in [0, 0.05) is 31.2 Å². The molecule has 2 aromatic rings. The van der Waals surface area contributed by atoms with Gasteiger partial charge in [-0.25, -0.2) is 0 Å². The first kappa shape index (κ1) is 24.1. The molecule has 168 valence electrons. The first-order valence-electron chi connectivity index (χ1n) is 9.74. The molecule has 1 atom stereocenters. The number of halogens is 3. The van der Waals surface area contributed by atoms with Gasteiger partial charge in [0.2, 0.25) is 5.43 Å². The zero-order valence-electron chi connectivity index (χ0n) is 17.7. The van der Waals surface area contributed by atoms with E-state index >= 15 is 0 Å². The van der Waals surface area contributed by atoms with Crippen LogP contribution in [-0.4, -0.2) is 34.1 Å². The van der Waals surface area contributed by atoms with Crippen molar-refractivity contribution in [2.24, 2.45) is 5.92 Å². The number of alkyl halides is 3. The fourth-order valence-corrected chi connectivity index (χ4v) is 2.69. The molecule has 0 saturated carbocycles. The Bertz CT molecular complexity index is 986. The molecule has 0 bridgehead atoms. The van der Waals surface area contributed by atoms with Crippen LogP contribution in [0.15, 0.2) is 41.6 Å². The second-order valence-electron chi connectivity index (χ2n) is 7.76. The van der Waals surface area contributed by atoms with E-state index in [1.807, 2.05) is 19.2 Å². The lowest BCUT2D eigenvalue weighted by Crippen LogP contribution is -2.41. The van der Waals surface area contributed by atoms with Gasteiger partial charge in [0.25, 0.3) is 11.8 Å². The molecule has 1 unspecified atom stereocenters. The molecular formula is C21H25F3N4O3. The van der Waals surface area contributed by atoms with E-state index in [1.165, 1.54) is 29.1 Å². The fourth-order valence-electron chi connectivity index (χ4n) is 2.69. The number of nitrogens with one attached hydrogen (secondary N) is 2. The lowest BCUT2D eigenvalue weighted by Gasteiger charge is -2.22. The first-order chi connectivity index (χ1) is 14.4. The second-order valence-corrected chi connectivity index (χ2v) is 7.76. The topological polar surface area (TPSA) is 93.1 Å². The number of rotatable bonds is 7. The number of nitrogens with zero attached hydrogens (tertiary/aromatic N) is 2. The quantitative estimate of drug-likeness (QED) is 0.694. The summed E-state index contributed by atoms with van der Waals surface area (Å²) < 4.78 is 42.1. The molecule has 2 aromatic heterocycles. The van der Waals surface area contributed by atoms with E-state index in [0.29, 0.717) is 6.54 Å². The number of aromatic nitrogens is 2. The van der Waals surface area contributed by atoms with Crippen molar-refractivity contribution >= 4 is 11.8 Å². The molecule has 0 aromatic carbocycles. The van der Waals surface area contributed by atoms with Crippen molar-refractivity contribution in [1.82, 2.24) is 20.2 Å². The van der Waals surface area contributed by atoms with Crippen LogP contribution < -0.4 is 16.1 Å². The van der Waals surface area contributed by atoms with E-state index in [-0.39, 0.29) is 17.5 Å². The number of amides is 2. The van der Waals surface area contributed by atoms with Crippen LogP contribution in [0.3, 0.4) is 0 Å². The molecule has 0 saturated heterocycles. The summed E-state index contributed by atoms with van der Waals surface area (Å²) in [5, 5.41) is 4.43. The SMILES string of the molecule is CC(C)CNC(=O)c1cn(C(C)C)cc(C(=O)NC(c2ccccn2)C(F)(F)F)c1=O. The smallest absolute Gasteiger partial charge is 0.352 e. The Balaban J connectivity index is 2.47. The summed E-state index contributed by atoms with van der Waals surface area (Å²) in [7, 11) is 0. The highest BCUT2D eigenvalue weighted by atomic mass is 19.4. The van der Waals surface area contributed by atoms with Gasteiger partial charge < -0.3 is 15.2 Å². The van der Waals surface area contributed by atoms with E-state index in [2.05, 4.69) is 10.3 Å². The summed E-state index contributed by atoms with van der Waals surface area (Å²) in [6.07, 6.45) is -1.23. The average Bonchev–Trinajstić information content (AvgIpc) is 2.69. The van der Waals surface area contributed by atoms with Crippen LogP contribution in [0.2, 0.25) is 0 Å². The maximum absolute atomic E-state index is 13.6. The molecule has 0 aliphatic heterocycles. The molecule has 10 heteroatoms.